The summed E-state index contributed by atoms with van der Waals surface area (Å²) in [5, 5.41) is 3.45. The Kier molecular flexibility index (Phi) is 4.64. The SMILES string of the molecule is [N-]=[N+]=NCC=Cc1ccc(N2CCOCC2)cc1. The Morgan fingerprint density at radius 3 is 2.67 bits per heavy atom. The second-order valence-electron chi connectivity index (χ2n) is 4.01. The quantitative estimate of drug-likeness (QED) is 0.464. The van der Waals surface area contributed by atoms with E-state index in [1.54, 1.807) is 0 Å². The molecule has 1 fully saturated rings. The van der Waals surface area contributed by atoms with Crippen LogP contribution in [0.15, 0.2) is 35.5 Å². The van der Waals surface area contributed by atoms with Crippen LogP contribution in [0.1, 0.15) is 5.56 Å². The van der Waals surface area contributed by atoms with Gasteiger partial charge in [-0.05, 0) is 23.2 Å². The van der Waals surface area contributed by atoms with E-state index in [-0.39, 0.29) is 0 Å². The van der Waals surface area contributed by atoms with Gasteiger partial charge in [-0.15, -0.1) is 0 Å². The zero-order chi connectivity index (χ0) is 12.6. The van der Waals surface area contributed by atoms with Crippen molar-refractivity contribution in [2.75, 3.05) is 37.7 Å². The summed E-state index contributed by atoms with van der Waals surface area (Å²) in [5.41, 5.74) is 10.5. The third-order valence-corrected chi connectivity index (χ3v) is 2.83. The van der Waals surface area contributed by atoms with Crippen LogP contribution in [0.2, 0.25) is 0 Å². The van der Waals surface area contributed by atoms with Crippen LogP contribution in [-0.4, -0.2) is 32.8 Å². The van der Waals surface area contributed by atoms with E-state index in [0.29, 0.717) is 6.54 Å². The van der Waals surface area contributed by atoms with Crippen LogP contribution in [0, 0.1) is 0 Å². The number of nitrogens with zero attached hydrogens (tertiary/aromatic N) is 4. The molecule has 2 rings (SSSR count). The molecule has 0 radical (unpaired) electrons. The van der Waals surface area contributed by atoms with Gasteiger partial charge in [-0.25, -0.2) is 0 Å². The first kappa shape index (κ1) is 12.5. The minimum absolute atomic E-state index is 0.391. The van der Waals surface area contributed by atoms with Crippen molar-refractivity contribution in [1.82, 2.24) is 0 Å². The highest BCUT2D eigenvalue weighted by atomic mass is 16.5. The molecule has 0 saturated carbocycles. The second kappa shape index (κ2) is 6.69. The zero-order valence-electron chi connectivity index (χ0n) is 10.2. The number of hydrogen-bond donors (Lipinski definition) is 0. The first-order valence-corrected chi connectivity index (χ1v) is 6.00. The summed E-state index contributed by atoms with van der Waals surface area (Å²) in [6.07, 6.45) is 3.81. The summed E-state index contributed by atoms with van der Waals surface area (Å²) in [4.78, 5) is 5.01. The van der Waals surface area contributed by atoms with Gasteiger partial charge < -0.3 is 9.64 Å². The van der Waals surface area contributed by atoms with Crippen molar-refractivity contribution >= 4 is 11.8 Å². The Balaban J connectivity index is 1.96. The van der Waals surface area contributed by atoms with Gasteiger partial charge >= 0.3 is 0 Å². The fourth-order valence-corrected chi connectivity index (χ4v) is 1.89. The van der Waals surface area contributed by atoms with Crippen LogP contribution in [0.4, 0.5) is 5.69 Å². The Bertz CT molecular complexity index is 443. The van der Waals surface area contributed by atoms with E-state index in [4.69, 9.17) is 10.3 Å². The van der Waals surface area contributed by atoms with Gasteiger partial charge in [-0.2, -0.15) is 0 Å². The summed E-state index contributed by atoms with van der Waals surface area (Å²) < 4.78 is 5.33. The van der Waals surface area contributed by atoms with Gasteiger partial charge in [0.25, 0.3) is 0 Å². The van der Waals surface area contributed by atoms with Gasteiger partial charge in [-0.1, -0.05) is 29.4 Å². The largest absolute Gasteiger partial charge is 0.378 e. The molecule has 0 bridgehead atoms. The number of ether oxygens (including phenoxy) is 1. The van der Waals surface area contributed by atoms with Crippen molar-refractivity contribution in [3.8, 4) is 0 Å². The van der Waals surface area contributed by atoms with Gasteiger partial charge in [0.2, 0.25) is 0 Å². The first-order valence-electron chi connectivity index (χ1n) is 6.00. The fourth-order valence-electron chi connectivity index (χ4n) is 1.89. The first-order chi connectivity index (χ1) is 8.90. The molecule has 94 valence electrons. The smallest absolute Gasteiger partial charge is 0.0642 e. The van der Waals surface area contributed by atoms with Gasteiger partial charge in [0.05, 0.1) is 13.2 Å². The molecule has 5 heteroatoms. The lowest BCUT2D eigenvalue weighted by molar-refractivity contribution is 0.122. The molecule has 0 aliphatic carbocycles. The molecule has 1 aliphatic rings. The number of hydrogen-bond acceptors (Lipinski definition) is 3. The molecular formula is C13H16N4O. The summed E-state index contributed by atoms with van der Waals surface area (Å²) in [6.45, 7) is 3.89. The monoisotopic (exact) mass is 244 g/mol. The summed E-state index contributed by atoms with van der Waals surface area (Å²) in [5.74, 6) is 0. The Hall–Kier alpha value is -1.97. The van der Waals surface area contributed by atoms with Crippen molar-refractivity contribution in [3.05, 3.63) is 46.3 Å². The lowest BCUT2D eigenvalue weighted by atomic mass is 10.1. The van der Waals surface area contributed by atoms with E-state index in [1.165, 1.54) is 5.69 Å². The van der Waals surface area contributed by atoms with Crippen molar-refractivity contribution < 1.29 is 4.74 Å². The van der Waals surface area contributed by atoms with E-state index >= 15 is 0 Å². The molecule has 5 nitrogen and oxygen atoms in total. The summed E-state index contributed by atoms with van der Waals surface area (Å²) in [7, 11) is 0. The average molecular weight is 244 g/mol. The molecule has 1 aliphatic heterocycles. The maximum absolute atomic E-state index is 8.15. The summed E-state index contributed by atoms with van der Waals surface area (Å²) >= 11 is 0. The van der Waals surface area contributed by atoms with Gasteiger partial charge in [0.15, 0.2) is 0 Å². The van der Waals surface area contributed by atoms with Crippen LogP contribution >= 0.6 is 0 Å². The van der Waals surface area contributed by atoms with E-state index in [0.717, 1.165) is 31.9 Å². The van der Waals surface area contributed by atoms with Crippen molar-refractivity contribution in [1.29, 1.82) is 0 Å². The number of benzene rings is 1. The van der Waals surface area contributed by atoms with Crippen LogP contribution < -0.4 is 4.90 Å². The predicted molar refractivity (Wildman–Crippen MR) is 72.5 cm³/mol. The van der Waals surface area contributed by atoms with Crippen molar-refractivity contribution in [3.63, 3.8) is 0 Å². The number of morpholine rings is 1. The van der Waals surface area contributed by atoms with E-state index < -0.39 is 0 Å². The van der Waals surface area contributed by atoms with Crippen LogP contribution in [0.3, 0.4) is 0 Å². The lowest BCUT2D eigenvalue weighted by Crippen LogP contribution is -2.36. The number of anilines is 1. The molecule has 1 saturated heterocycles. The topological polar surface area (TPSA) is 61.2 Å². The minimum atomic E-state index is 0.391. The van der Waals surface area contributed by atoms with Gasteiger partial charge in [-0.3, -0.25) is 0 Å². The third kappa shape index (κ3) is 3.52. The highest BCUT2D eigenvalue weighted by Crippen LogP contribution is 2.17. The average Bonchev–Trinajstić information content (AvgIpc) is 2.45. The second-order valence-corrected chi connectivity index (χ2v) is 4.01. The third-order valence-electron chi connectivity index (χ3n) is 2.83. The molecule has 0 amide bonds. The van der Waals surface area contributed by atoms with Crippen molar-refractivity contribution in [2.45, 2.75) is 0 Å². The maximum atomic E-state index is 8.15. The Labute approximate surface area is 106 Å². The molecule has 0 unspecified atom stereocenters. The molecule has 0 N–H and O–H groups in total. The molecule has 0 spiro atoms. The van der Waals surface area contributed by atoms with Gasteiger partial charge in [0.1, 0.15) is 0 Å². The zero-order valence-corrected chi connectivity index (χ0v) is 10.2. The maximum Gasteiger partial charge on any atom is 0.0642 e. The van der Waals surface area contributed by atoms with E-state index in [2.05, 4.69) is 39.2 Å². The molecule has 1 aromatic carbocycles. The normalized spacial score (nSPS) is 15.7. The minimum Gasteiger partial charge on any atom is -0.378 e. The molecular weight excluding hydrogens is 228 g/mol. The lowest BCUT2D eigenvalue weighted by Gasteiger charge is -2.28. The van der Waals surface area contributed by atoms with E-state index in [9.17, 15) is 0 Å². The molecule has 0 aromatic heterocycles. The molecule has 0 atom stereocenters. The highest BCUT2D eigenvalue weighted by Gasteiger charge is 2.10. The van der Waals surface area contributed by atoms with E-state index in [1.807, 2.05) is 12.2 Å². The van der Waals surface area contributed by atoms with Crippen molar-refractivity contribution in [2.24, 2.45) is 5.11 Å². The summed E-state index contributed by atoms with van der Waals surface area (Å²) in [6, 6.07) is 8.35. The Morgan fingerprint density at radius 1 is 1.28 bits per heavy atom. The van der Waals surface area contributed by atoms with Crippen LogP contribution in [0.5, 0.6) is 0 Å². The molecule has 18 heavy (non-hydrogen) atoms. The van der Waals surface area contributed by atoms with Crippen LogP contribution in [-0.2, 0) is 4.74 Å². The number of azide groups is 1. The standard InChI is InChI=1S/C13H16N4O/c14-16-15-7-1-2-12-3-5-13(6-4-12)17-8-10-18-11-9-17/h1-6H,7-11H2. The molecule has 1 aromatic rings. The predicted octanol–water partition coefficient (Wildman–Crippen LogP) is 2.85. The fraction of sp³-hybridized carbons (Fsp3) is 0.385. The van der Waals surface area contributed by atoms with Gasteiger partial charge in [0, 0.05) is 30.2 Å². The number of rotatable bonds is 4. The highest BCUT2D eigenvalue weighted by molar-refractivity contribution is 5.56. The van der Waals surface area contributed by atoms with Crippen LogP contribution in [0.25, 0.3) is 16.5 Å². The molecule has 1 heterocycles. The Morgan fingerprint density at radius 2 is 2.00 bits per heavy atom.